The van der Waals surface area contributed by atoms with Gasteiger partial charge in [-0.05, 0) is 36.3 Å². The second-order valence-corrected chi connectivity index (χ2v) is 8.44. The zero-order valence-corrected chi connectivity index (χ0v) is 19.3. The molecule has 4 aromatic rings. The maximum atomic E-state index is 13.9. The molecule has 32 heavy (non-hydrogen) atoms. The summed E-state index contributed by atoms with van der Waals surface area (Å²) in [6.45, 7) is 7.69. The van der Waals surface area contributed by atoms with Gasteiger partial charge >= 0.3 is 0 Å². The monoisotopic (exact) mass is 450 g/mol. The van der Waals surface area contributed by atoms with Crippen LogP contribution in [0.1, 0.15) is 31.2 Å². The van der Waals surface area contributed by atoms with E-state index in [2.05, 4.69) is 43.7 Å². The van der Waals surface area contributed by atoms with Gasteiger partial charge < -0.3 is 21.4 Å². The van der Waals surface area contributed by atoms with E-state index in [1.807, 2.05) is 24.3 Å². The van der Waals surface area contributed by atoms with Crippen molar-refractivity contribution in [2.45, 2.75) is 32.7 Å². The number of hydrogen-bond donors (Lipinski definition) is 3. The third-order valence-corrected chi connectivity index (χ3v) is 6.14. The largest absolute Gasteiger partial charge is 0.396 e. The van der Waals surface area contributed by atoms with Gasteiger partial charge in [0.1, 0.15) is 17.2 Å². The molecule has 0 saturated heterocycles. The number of unbranched alkanes of at least 4 members (excludes halogenated alkanes) is 1. The Morgan fingerprint density at radius 2 is 1.97 bits per heavy atom. The van der Waals surface area contributed by atoms with Crippen molar-refractivity contribution < 1.29 is 4.39 Å². The molecule has 0 fully saturated rings. The number of halogens is 1. The fourth-order valence-electron chi connectivity index (χ4n) is 3.97. The molecule has 2 aromatic heterocycles. The molecule has 6 nitrogen and oxygen atoms in total. The van der Waals surface area contributed by atoms with Crippen molar-refractivity contribution in [2.24, 2.45) is 0 Å². The van der Waals surface area contributed by atoms with E-state index >= 15 is 0 Å². The van der Waals surface area contributed by atoms with Gasteiger partial charge in [-0.1, -0.05) is 31.7 Å². The Labute approximate surface area is 189 Å². The molecule has 0 saturated carbocycles. The van der Waals surface area contributed by atoms with Crippen molar-refractivity contribution >= 4 is 53.7 Å². The van der Waals surface area contributed by atoms with E-state index in [4.69, 9.17) is 16.5 Å². The number of hydrogen-bond acceptors (Lipinski definition) is 5. The second-order valence-electron chi connectivity index (χ2n) is 7.82. The van der Waals surface area contributed by atoms with Crippen LogP contribution in [0.15, 0.2) is 43.0 Å². The number of anilines is 2. The average molecular weight is 451 g/mol. The summed E-state index contributed by atoms with van der Waals surface area (Å²) in [5.41, 5.74) is 16.1. The van der Waals surface area contributed by atoms with E-state index in [-0.39, 0.29) is 5.69 Å². The van der Waals surface area contributed by atoms with Gasteiger partial charge in [0, 0.05) is 36.2 Å². The quantitative estimate of drug-likeness (QED) is 0.214. The number of pyridine rings is 1. The first-order valence-corrected chi connectivity index (χ1v) is 11.3. The molecule has 1 unspecified atom stereocenters. The third-order valence-electron chi connectivity index (χ3n) is 5.66. The van der Waals surface area contributed by atoms with Crippen LogP contribution in [0.25, 0.3) is 27.6 Å². The van der Waals surface area contributed by atoms with Crippen LogP contribution in [0.2, 0.25) is 0 Å². The fraction of sp³-hybridized carbons (Fsp3) is 0.250. The first kappa shape index (κ1) is 22.0. The van der Waals surface area contributed by atoms with Gasteiger partial charge in [0.05, 0.1) is 16.7 Å². The first-order valence-electron chi connectivity index (χ1n) is 10.7. The maximum absolute atomic E-state index is 13.9. The summed E-state index contributed by atoms with van der Waals surface area (Å²) in [6.07, 6.45) is 2.68. The molecule has 0 aliphatic heterocycles. The van der Waals surface area contributed by atoms with Crippen LogP contribution in [-0.2, 0) is 13.0 Å². The van der Waals surface area contributed by atoms with Crippen molar-refractivity contribution in [3.05, 3.63) is 60.2 Å². The Bertz CT molecular complexity index is 1290. The molecule has 2 aromatic carbocycles. The highest BCUT2D eigenvalue weighted by Crippen LogP contribution is 2.29. The highest BCUT2D eigenvalue weighted by Gasteiger charge is 2.16. The molecular formula is C24H28FN6P. The minimum absolute atomic E-state index is 0.147. The molecule has 8 heteroatoms. The van der Waals surface area contributed by atoms with Gasteiger partial charge in [0.25, 0.3) is 0 Å². The summed E-state index contributed by atoms with van der Waals surface area (Å²) in [7, 11) is 2.45. The summed E-state index contributed by atoms with van der Waals surface area (Å²) in [5, 5.41) is 4.98. The molecule has 1 atom stereocenters. The topological polar surface area (TPSA) is 94.8 Å². The number of nitrogens with one attached hydrogen (secondary N) is 1. The normalized spacial score (nSPS) is 11.3. The van der Waals surface area contributed by atoms with Gasteiger partial charge in [0.15, 0.2) is 5.82 Å². The maximum Gasteiger partial charge on any atom is 0.152 e. The lowest BCUT2D eigenvalue weighted by atomic mass is 10.1. The predicted octanol–water partition coefficient (Wildman–Crippen LogP) is 3.99. The summed E-state index contributed by atoms with van der Waals surface area (Å²) >= 11 is 0. The molecule has 0 spiro atoms. The molecule has 0 bridgehead atoms. The Hall–Kier alpha value is -3.18. The average Bonchev–Trinajstić information content (AvgIpc) is 3.16. The smallest absolute Gasteiger partial charge is 0.152 e. The molecule has 0 radical (unpaired) electrons. The van der Waals surface area contributed by atoms with Gasteiger partial charge in [-0.25, -0.2) is 14.4 Å². The van der Waals surface area contributed by atoms with Crippen LogP contribution >= 0.6 is 9.24 Å². The Kier molecular flexibility index (Phi) is 6.28. The molecule has 0 aliphatic carbocycles. The standard InChI is InChI=1S/C24H28FN6P/c1-3-20-30-22-23(16-8-4-5-9-18(16)29-24(22)27)31(20)11-7-6-10-28-14(2)15-12-17(25)21(26)19(32)13-15/h4-5,8-9,12-13,28H,2-3,6-7,10-11,26,32H2,1H3,(H2,27,29). The molecule has 0 aliphatic rings. The number of aryl methyl sites for hydroxylation is 2. The molecule has 4 rings (SSSR count). The van der Waals surface area contributed by atoms with Crippen LogP contribution in [0, 0.1) is 5.82 Å². The van der Waals surface area contributed by atoms with E-state index < -0.39 is 5.82 Å². The van der Waals surface area contributed by atoms with Crippen molar-refractivity contribution in [1.29, 1.82) is 0 Å². The Morgan fingerprint density at radius 3 is 2.72 bits per heavy atom. The lowest BCUT2D eigenvalue weighted by Crippen LogP contribution is -2.16. The van der Waals surface area contributed by atoms with Crippen LogP contribution in [0.4, 0.5) is 15.9 Å². The van der Waals surface area contributed by atoms with Crippen LogP contribution in [0.5, 0.6) is 0 Å². The van der Waals surface area contributed by atoms with Crippen molar-refractivity contribution in [1.82, 2.24) is 19.9 Å². The fourth-order valence-corrected chi connectivity index (χ4v) is 4.28. The Morgan fingerprint density at radius 1 is 1.19 bits per heavy atom. The second kappa shape index (κ2) is 9.13. The van der Waals surface area contributed by atoms with Gasteiger partial charge in [0.2, 0.25) is 0 Å². The van der Waals surface area contributed by atoms with Gasteiger partial charge in [-0.15, -0.1) is 9.24 Å². The molecule has 0 amide bonds. The van der Waals surface area contributed by atoms with Crippen LogP contribution < -0.4 is 22.1 Å². The first-order chi connectivity index (χ1) is 15.4. The minimum atomic E-state index is -0.435. The lowest BCUT2D eigenvalue weighted by molar-refractivity contribution is 0.593. The summed E-state index contributed by atoms with van der Waals surface area (Å²) in [4.78, 5) is 9.28. The van der Waals surface area contributed by atoms with Gasteiger partial charge in [-0.2, -0.15) is 0 Å². The lowest BCUT2D eigenvalue weighted by Gasteiger charge is -2.13. The van der Waals surface area contributed by atoms with E-state index in [0.29, 0.717) is 22.4 Å². The van der Waals surface area contributed by atoms with Gasteiger partial charge in [-0.3, -0.25) is 0 Å². The number of aromatic nitrogens is 3. The number of imidazole rings is 1. The highest BCUT2D eigenvalue weighted by atomic mass is 31.0. The molecular weight excluding hydrogens is 422 g/mol. The summed E-state index contributed by atoms with van der Waals surface area (Å²) in [6, 6.07) is 11.2. The van der Waals surface area contributed by atoms with E-state index in [9.17, 15) is 4.39 Å². The molecule has 166 valence electrons. The van der Waals surface area contributed by atoms with Crippen molar-refractivity contribution in [2.75, 3.05) is 18.0 Å². The molecule has 5 N–H and O–H groups in total. The SMILES string of the molecule is C=C(NCCCCn1c(CC)nc2c(N)nc3ccccc3c21)c1cc(F)c(N)c(P)c1. The number of nitrogens with two attached hydrogens (primary N) is 2. The van der Waals surface area contributed by atoms with E-state index in [1.54, 1.807) is 0 Å². The zero-order chi connectivity index (χ0) is 22.8. The van der Waals surface area contributed by atoms with E-state index in [0.717, 1.165) is 60.1 Å². The third kappa shape index (κ3) is 4.13. The van der Waals surface area contributed by atoms with Crippen LogP contribution in [0.3, 0.4) is 0 Å². The number of para-hydroxylation sites is 1. The zero-order valence-electron chi connectivity index (χ0n) is 18.2. The predicted molar refractivity (Wildman–Crippen MR) is 135 cm³/mol. The number of nitrogens with zero attached hydrogens (tertiary/aromatic N) is 3. The number of rotatable bonds is 8. The minimum Gasteiger partial charge on any atom is -0.396 e. The highest BCUT2D eigenvalue weighted by molar-refractivity contribution is 7.28. The van der Waals surface area contributed by atoms with Crippen molar-refractivity contribution in [3.63, 3.8) is 0 Å². The summed E-state index contributed by atoms with van der Waals surface area (Å²) in [5.74, 6) is 1.04. The number of nitrogen functional groups attached to an aromatic ring is 2. The van der Waals surface area contributed by atoms with Crippen LogP contribution in [-0.4, -0.2) is 21.1 Å². The van der Waals surface area contributed by atoms with Crippen molar-refractivity contribution in [3.8, 4) is 0 Å². The number of fused-ring (bicyclic) bond motifs is 3. The molecule has 2 heterocycles. The number of benzene rings is 2. The van der Waals surface area contributed by atoms with E-state index in [1.165, 1.54) is 6.07 Å². The summed E-state index contributed by atoms with van der Waals surface area (Å²) < 4.78 is 16.2. The Balaban J connectivity index is 1.45.